The molecule has 1 saturated heterocycles. The van der Waals surface area contributed by atoms with Crippen molar-refractivity contribution >= 4 is 5.91 Å². The average Bonchev–Trinajstić information content (AvgIpc) is 2.62. The maximum Gasteiger partial charge on any atom is 0.222 e. The fraction of sp³-hybridized carbons (Fsp3) is 0.909. The van der Waals surface area contributed by atoms with Crippen LogP contribution < -0.4 is 0 Å². The molecule has 0 aromatic rings. The van der Waals surface area contributed by atoms with Crippen molar-refractivity contribution in [1.82, 2.24) is 9.80 Å². The summed E-state index contributed by atoms with van der Waals surface area (Å²) < 4.78 is 0. The lowest BCUT2D eigenvalue weighted by Gasteiger charge is -2.20. The summed E-state index contributed by atoms with van der Waals surface area (Å²) in [7, 11) is 4.18. The molecule has 0 spiro atoms. The second-order valence-electron chi connectivity index (χ2n) is 4.35. The van der Waals surface area contributed by atoms with Crippen molar-refractivity contribution in [2.24, 2.45) is 0 Å². The van der Waals surface area contributed by atoms with Crippen LogP contribution in [0.1, 0.15) is 32.6 Å². The molecule has 0 bridgehead atoms. The lowest BCUT2D eigenvalue weighted by Crippen LogP contribution is -2.34. The Labute approximate surface area is 87.1 Å². The second kappa shape index (κ2) is 5.35. The predicted octanol–water partition coefficient (Wildman–Crippen LogP) is 1.34. The molecule has 0 radical (unpaired) electrons. The Hall–Kier alpha value is -0.570. The summed E-state index contributed by atoms with van der Waals surface area (Å²) in [5.74, 6) is 0.344. The number of likely N-dealkylation sites (tertiary alicyclic amines) is 1. The van der Waals surface area contributed by atoms with Gasteiger partial charge in [-0.2, -0.15) is 0 Å². The van der Waals surface area contributed by atoms with Crippen molar-refractivity contribution in [3.63, 3.8) is 0 Å². The fourth-order valence-corrected chi connectivity index (χ4v) is 1.88. The Balaban J connectivity index is 2.30. The maximum atomic E-state index is 11.7. The first kappa shape index (κ1) is 11.5. The lowest BCUT2D eigenvalue weighted by atomic mass is 10.2. The molecule has 1 heterocycles. The topological polar surface area (TPSA) is 23.6 Å². The Kier molecular flexibility index (Phi) is 4.39. The maximum absolute atomic E-state index is 11.7. The van der Waals surface area contributed by atoms with Gasteiger partial charge in [0.2, 0.25) is 5.91 Å². The molecule has 1 amide bonds. The lowest BCUT2D eigenvalue weighted by molar-refractivity contribution is -0.130. The van der Waals surface area contributed by atoms with Crippen LogP contribution in [0.2, 0.25) is 0 Å². The third-order valence-electron chi connectivity index (χ3n) is 2.99. The molecule has 1 fully saturated rings. The van der Waals surface area contributed by atoms with E-state index in [0.717, 1.165) is 38.8 Å². The van der Waals surface area contributed by atoms with Crippen LogP contribution in [0.15, 0.2) is 0 Å². The van der Waals surface area contributed by atoms with Crippen molar-refractivity contribution in [2.45, 2.75) is 38.6 Å². The van der Waals surface area contributed by atoms with E-state index in [-0.39, 0.29) is 0 Å². The molecule has 0 aromatic carbocycles. The monoisotopic (exact) mass is 198 g/mol. The van der Waals surface area contributed by atoms with Crippen LogP contribution in [0, 0.1) is 0 Å². The summed E-state index contributed by atoms with van der Waals surface area (Å²) in [6.45, 7) is 4.00. The fourth-order valence-electron chi connectivity index (χ4n) is 1.88. The van der Waals surface area contributed by atoms with Gasteiger partial charge in [-0.25, -0.2) is 0 Å². The van der Waals surface area contributed by atoms with Gasteiger partial charge >= 0.3 is 0 Å². The van der Waals surface area contributed by atoms with E-state index in [1.807, 2.05) is 4.90 Å². The molecule has 3 nitrogen and oxygen atoms in total. The van der Waals surface area contributed by atoms with E-state index in [4.69, 9.17) is 0 Å². The Morgan fingerprint density at radius 3 is 2.71 bits per heavy atom. The molecule has 82 valence electrons. The number of amides is 1. The summed E-state index contributed by atoms with van der Waals surface area (Å²) in [6, 6.07) is 0.570. The summed E-state index contributed by atoms with van der Waals surface area (Å²) in [5.41, 5.74) is 0. The van der Waals surface area contributed by atoms with Crippen molar-refractivity contribution in [3.8, 4) is 0 Å². The Morgan fingerprint density at radius 1 is 1.50 bits per heavy atom. The van der Waals surface area contributed by atoms with E-state index in [2.05, 4.69) is 25.9 Å². The van der Waals surface area contributed by atoms with Crippen LogP contribution in [-0.2, 0) is 4.79 Å². The normalized spacial score (nSPS) is 22.0. The standard InChI is InChI=1S/C11H22N2O/c1-4-5-6-11(14)13-8-7-10(9-13)12(2)3/h10H,4-9H2,1-3H3. The number of rotatable bonds is 4. The van der Waals surface area contributed by atoms with Gasteiger partial charge in [-0.3, -0.25) is 4.79 Å². The molecule has 0 aromatic heterocycles. The average molecular weight is 198 g/mol. The van der Waals surface area contributed by atoms with Gasteiger partial charge in [-0.15, -0.1) is 0 Å². The molecule has 0 aliphatic carbocycles. The highest BCUT2D eigenvalue weighted by Crippen LogP contribution is 2.14. The van der Waals surface area contributed by atoms with Gasteiger partial charge < -0.3 is 9.80 Å². The number of nitrogens with zero attached hydrogens (tertiary/aromatic N) is 2. The van der Waals surface area contributed by atoms with Gasteiger partial charge in [-0.05, 0) is 26.9 Å². The van der Waals surface area contributed by atoms with Crippen LogP contribution in [0.25, 0.3) is 0 Å². The highest BCUT2D eigenvalue weighted by atomic mass is 16.2. The van der Waals surface area contributed by atoms with Crippen LogP contribution >= 0.6 is 0 Å². The Morgan fingerprint density at radius 2 is 2.21 bits per heavy atom. The first-order chi connectivity index (χ1) is 6.65. The van der Waals surface area contributed by atoms with Gasteiger partial charge in [0.25, 0.3) is 0 Å². The van der Waals surface area contributed by atoms with Crippen LogP contribution in [0.4, 0.5) is 0 Å². The third-order valence-corrected chi connectivity index (χ3v) is 2.99. The highest BCUT2D eigenvalue weighted by Gasteiger charge is 2.26. The number of carbonyl (C=O) groups is 1. The second-order valence-corrected chi connectivity index (χ2v) is 4.35. The van der Waals surface area contributed by atoms with Gasteiger partial charge in [0.15, 0.2) is 0 Å². The molecule has 1 atom stereocenters. The summed E-state index contributed by atoms with van der Waals surface area (Å²) in [4.78, 5) is 15.9. The SMILES string of the molecule is CCCCC(=O)N1CCC(N(C)C)C1. The van der Waals surface area contributed by atoms with Crippen LogP contribution in [0.3, 0.4) is 0 Å². The molecule has 14 heavy (non-hydrogen) atoms. The highest BCUT2D eigenvalue weighted by molar-refractivity contribution is 5.76. The van der Waals surface area contributed by atoms with Gasteiger partial charge in [0.1, 0.15) is 0 Å². The van der Waals surface area contributed by atoms with E-state index in [1.165, 1.54) is 0 Å². The van der Waals surface area contributed by atoms with Crippen molar-refractivity contribution in [1.29, 1.82) is 0 Å². The molecule has 3 heteroatoms. The van der Waals surface area contributed by atoms with E-state index in [1.54, 1.807) is 0 Å². The van der Waals surface area contributed by atoms with E-state index in [9.17, 15) is 4.79 Å². The molecule has 1 unspecified atom stereocenters. The molecule has 1 aliphatic rings. The first-order valence-electron chi connectivity index (χ1n) is 5.59. The van der Waals surface area contributed by atoms with E-state index in [0.29, 0.717) is 11.9 Å². The number of hydrogen-bond donors (Lipinski definition) is 0. The summed E-state index contributed by atoms with van der Waals surface area (Å²) in [6.07, 6.45) is 4.00. The Bertz CT molecular complexity index is 192. The molecule has 1 rings (SSSR count). The van der Waals surface area contributed by atoms with Crippen molar-refractivity contribution in [3.05, 3.63) is 0 Å². The number of carbonyl (C=O) groups excluding carboxylic acids is 1. The number of likely N-dealkylation sites (N-methyl/N-ethyl adjacent to an activating group) is 1. The quantitative estimate of drug-likeness (QED) is 0.680. The van der Waals surface area contributed by atoms with Gasteiger partial charge in [0, 0.05) is 25.6 Å². The molecular formula is C11H22N2O. The van der Waals surface area contributed by atoms with Crippen molar-refractivity contribution < 1.29 is 4.79 Å². The predicted molar refractivity (Wildman–Crippen MR) is 58.2 cm³/mol. The van der Waals surface area contributed by atoms with Crippen molar-refractivity contribution in [2.75, 3.05) is 27.2 Å². The molecule has 1 aliphatic heterocycles. The minimum atomic E-state index is 0.344. The summed E-state index contributed by atoms with van der Waals surface area (Å²) >= 11 is 0. The minimum Gasteiger partial charge on any atom is -0.341 e. The third kappa shape index (κ3) is 2.98. The zero-order chi connectivity index (χ0) is 10.6. The minimum absolute atomic E-state index is 0.344. The zero-order valence-corrected chi connectivity index (χ0v) is 9.62. The first-order valence-corrected chi connectivity index (χ1v) is 5.59. The molecular weight excluding hydrogens is 176 g/mol. The largest absolute Gasteiger partial charge is 0.341 e. The van der Waals surface area contributed by atoms with E-state index < -0.39 is 0 Å². The number of unbranched alkanes of at least 4 members (excludes halogenated alkanes) is 1. The zero-order valence-electron chi connectivity index (χ0n) is 9.62. The van der Waals surface area contributed by atoms with Crippen LogP contribution in [-0.4, -0.2) is 48.9 Å². The molecule has 0 N–H and O–H groups in total. The van der Waals surface area contributed by atoms with Gasteiger partial charge in [-0.1, -0.05) is 13.3 Å². The number of hydrogen-bond acceptors (Lipinski definition) is 2. The smallest absolute Gasteiger partial charge is 0.222 e. The summed E-state index contributed by atoms with van der Waals surface area (Å²) in [5, 5.41) is 0. The van der Waals surface area contributed by atoms with Crippen LogP contribution in [0.5, 0.6) is 0 Å². The van der Waals surface area contributed by atoms with Gasteiger partial charge in [0.05, 0.1) is 0 Å². The van der Waals surface area contributed by atoms with E-state index >= 15 is 0 Å². The molecule has 0 saturated carbocycles.